The molecule has 0 radical (unpaired) electrons. The van der Waals surface area contributed by atoms with Gasteiger partial charge in [-0.25, -0.2) is 0 Å². The Balaban J connectivity index is 2.10. The van der Waals surface area contributed by atoms with Crippen LogP contribution in [0, 0.1) is 0 Å². The molecule has 0 spiro atoms. The summed E-state index contributed by atoms with van der Waals surface area (Å²) in [7, 11) is 0. The maximum atomic E-state index is 6.01. The third-order valence-electron chi connectivity index (χ3n) is 3.02. The number of nitrogens with zero attached hydrogens (tertiary/aromatic N) is 1. The predicted octanol–water partition coefficient (Wildman–Crippen LogP) is 3.07. The Labute approximate surface area is 98.2 Å². The number of aryl methyl sites for hydroxylation is 2. The minimum absolute atomic E-state index is 0.247. The monoisotopic (exact) mass is 234 g/mol. The highest BCUT2D eigenvalue weighted by Gasteiger charge is 2.17. The van der Waals surface area contributed by atoms with E-state index in [2.05, 4.69) is 17.3 Å². The van der Waals surface area contributed by atoms with Gasteiger partial charge in [0.1, 0.15) is 5.02 Å². The maximum Gasteiger partial charge on any atom is 0.187 e. The van der Waals surface area contributed by atoms with E-state index in [9.17, 15) is 0 Å². The highest BCUT2D eigenvalue weighted by atomic mass is 35.5. The largest absolute Gasteiger partial charge is 0.380 e. The number of aromatic nitrogens is 1. The first kappa shape index (κ1) is 9.73. The van der Waals surface area contributed by atoms with E-state index < -0.39 is 0 Å². The van der Waals surface area contributed by atoms with Gasteiger partial charge in [-0.15, -0.1) is 0 Å². The van der Waals surface area contributed by atoms with Gasteiger partial charge in [0.25, 0.3) is 0 Å². The molecule has 1 aromatic carbocycles. The lowest BCUT2D eigenvalue weighted by Crippen LogP contribution is -1.85. The van der Waals surface area contributed by atoms with Crippen molar-refractivity contribution in [1.82, 2.24) is 5.16 Å². The van der Waals surface area contributed by atoms with Crippen LogP contribution in [0.4, 0.5) is 5.82 Å². The summed E-state index contributed by atoms with van der Waals surface area (Å²) in [5.41, 5.74) is 9.31. The Bertz CT molecular complexity index is 548. The van der Waals surface area contributed by atoms with Crippen LogP contribution in [0.3, 0.4) is 0 Å². The molecular weight excluding hydrogens is 224 g/mol. The molecule has 0 amide bonds. The molecule has 0 bridgehead atoms. The summed E-state index contributed by atoms with van der Waals surface area (Å²) in [5, 5.41) is 4.06. The zero-order valence-corrected chi connectivity index (χ0v) is 9.42. The van der Waals surface area contributed by atoms with Gasteiger partial charge in [-0.3, -0.25) is 0 Å². The Morgan fingerprint density at radius 3 is 2.81 bits per heavy atom. The van der Waals surface area contributed by atoms with E-state index in [1.165, 1.54) is 24.0 Å². The molecule has 3 rings (SSSR count). The lowest BCUT2D eigenvalue weighted by molar-refractivity contribution is 0.436. The standard InChI is InChI=1S/C12H11ClN2O/c13-10-11(16-15-12(10)14)9-5-4-7-2-1-3-8(7)6-9/h4-6H,1-3H2,(H2,14,15). The number of halogens is 1. The second-order valence-corrected chi connectivity index (χ2v) is 4.43. The Morgan fingerprint density at radius 2 is 2.06 bits per heavy atom. The minimum Gasteiger partial charge on any atom is -0.380 e. The molecule has 0 fully saturated rings. The number of nitrogens with two attached hydrogens (primary N) is 1. The first-order chi connectivity index (χ1) is 7.75. The van der Waals surface area contributed by atoms with E-state index in [-0.39, 0.29) is 5.82 Å². The van der Waals surface area contributed by atoms with Gasteiger partial charge in [0.15, 0.2) is 11.6 Å². The molecule has 0 atom stereocenters. The van der Waals surface area contributed by atoms with Gasteiger partial charge in [0, 0.05) is 5.56 Å². The molecule has 0 saturated heterocycles. The van der Waals surface area contributed by atoms with E-state index in [0.717, 1.165) is 12.0 Å². The molecule has 1 aromatic heterocycles. The van der Waals surface area contributed by atoms with Gasteiger partial charge in [-0.05, 0) is 36.5 Å². The third kappa shape index (κ3) is 1.39. The summed E-state index contributed by atoms with van der Waals surface area (Å²) in [4.78, 5) is 0. The van der Waals surface area contributed by atoms with Crippen molar-refractivity contribution < 1.29 is 4.52 Å². The van der Waals surface area contributed by atoms with Crippen molar-refractivity contribution in [1.29, 1.82) is 0 Å². The van der Waals surface area contributed by atoms with Crippen LogP contribution in [0.1, 0.15) is 17.5 Å². The molecule has 1 aliphatic carbocycles. The fraction of sp³-hybridized carbons (Fsp3) is 0.250. The molecule has 0 unspecified atom stereocenters. The average molecular weight is 235 g/mol. The number of anilines is 1. The maximum absolute atomic E-state index is 6.01. The average Bonchev–Trinajstić information content (AvgIpc) is 2.86. The number of hydrogen-bond donors (Lipinski definition) is 1. The molecular formula is C12H11ClN2O. The fourth-order valence-corrected chi connectivity index (χ4v) is 2.36. The van der Waals surface area contributed by atoms with E-state index in [1.807, 2.05) is 6.07 Å². The summed E-state index contributed by atoms with van der Waals surface area (Å²) >= 11 is 6.01. The zero-order chi connectivity index (χ0) is 11.1. The van der Waals surface area contributed by atoms with Gasteiger partial charge in [0.2, 0.25) is 0 Å². The number of fused-ring (bicyclic) bond motifs is 1. The number of nitrogen functional groups attached to an aromatic ring is 1. The molecule has 2 aromatic rings. The SMILES string of the molecule is Nc1noc(-c2ccc3c(c2)CCC3)c1Cl. The lowest BCUT2D eigenvalue weighted by atomic mass is 10.1. The minimum atomic E-state index is 0.247. The van der Waals surface area contributed by atoms with Gasteiger partial charge >= 0.3 is 0 Å². The summed E-state index contributed by atoms with van der Waals surface area (Å²) in [6.45, 7) is 0. The van der Waals surface area contributed by atoms with Gasteiger partial charge in [-0.2, -0.15) is 0 Å². The molecule has 0 saturated carbocycles. The molecule has 16 heavy (non-hydrogen) atoms. The third-order valence-corrected chi connectivity index (χ3v) is 3.39. The summed E-state index contributed by atoms with van der Waals surface area (Å²) in [6.07, 6.45) is 3.53. The summed E-state index contributed by atoms with van der Waals surface area (Å²) < 4.78 is 5.13. The normalized spacial score (nSPS) is 14.1. The van der Waals surface area contributed by atoms with Gasteiger partial charge < -0.3 is 10.3 Å². The molecule has 1 heterocycles. The molecule has 82 valence electrons. The molecule has 0 aliphatic heterocycles. The first-order valence-corrected chi connectivity index (χ1v) is 5.66. The Hall–Kier alpha value is -1.48. The van der Waals surface area contributed by atoms with Crippen LogP contribution in [-0.4, -0.2) is 5.16 Å². The van der Waals surface area contributed by atoms with Crippen LogP contribution in [0.25, 0.3) is 11.3 Å². The summed E-state index contributed by atoms with van der Waals surface area (Å²) in [6, 6.07) is 6.26. The first-order valence-electron chi connectivity index (χ1n) is 5.28. The van der Waals surface area contributed by atoms with Crippen molar-refractivity contribution in [3.05, 3.63) is 34.3 Å². The highest BCUT2D eigenvalue weighted by Crippen LogP contribution is 2.34. The van der Waals surface area contributed by atoms with Crippen molar-refractivity contribution in [3.8, 4) is 11.3 Å². The quantitative estimate of drug-likeness (QED) is 0.825. The van der Waals surface area contributed by atoms with E-state index >= 15 is 0 Å². The Kier molecular flexibility index (Phi) is 2.14. The lowest BCUT2D eigenvalue weighted by Gasteiger charge is -2.01. The van der Waals surface area contributed by atoms with Crippen LogP contribution >= 0.6 is 11.6 Å². The topological polar surface area (TPSA) is 52.0 Å². The van der Waals surface area contributed by atoms with Crippen LogP contribution in [0.5, 0.6) is 0 Å². The van der Waals surface area contributed by atoms with Crippen LogP contribution < -0.4 is 5.73 Å². The van der Waals surface area contributed by atoms with E-state index in [4.69, 9.17) is 21.9 Å². The van der Waals surface area contributed by atoms with Crippen LogP contribution in [-0.2, 0) is 12.8 Å². The second-order valence-electron chi connectivity index (χ2n) is 4.05. The van der Waals surface area contributed by atoms with Crippen molar-refractivity contribution in [2.45, 2.75) is 19.3 Å². The van der Waals surface area contributed by atoms with Gasteiger partial charge in [-0.1, -0.05) is 28.9 Å². The number of rotatable bonds is 1. The number of hydrogen-bond acceptors (Lipinski definition) is 3. The van der Waals surface area contributed by atoms with Crippen molar-refractivity contribution >= 4 is 17.4 Å². The highest BCUT2D eigenvalue weighted by molar-refractivity contribution is 6.35. The molecule has 1 aliphatic rings. The van der Waals surface area contributed by atoms with E-state index in [0.29, 0.717) is 10.8 Å². The van der Waals surface area contributed by atoms with Gasteiger partial charge in [0.05, 0.1) is 0 Å². The van der Waals surface area contributed by atoms with Crippen LogP contribution in [0.15, 0.2) is 22.7 Å². The zero-order valence-electron chi connectivity index (χ0n) is 8.66. The fourth-order valence-electron chi connectivity index (χ4n) is 2.18. The molecule has 2 N–H and O–H groups in total. The predicted molar refractivity (Wildman–Crippen MR) is 63.4 cm³/mol. The Morgan fingerprint density at radius 1 is 1.25 bits per heavy atom. The second kappa shape index (κ2) is 3.52. The van der Waals surface area contributed by atoms with Crippen LogP contribution in [0.2, 0.25) is 5.02 Å². The molecule has 4 heteroatoms. The molecule has 3 nitrogen and oxygen atoms in total. The smallest absolute Gasteiger partial charge is 0.187 e. The number of benzene rings is 1. The van der Waals surface area contributed by atoms with Crippen molar-refractivity contribution in [3.63, 3.8) is 0 Å². The summed E-state index contributed by atoms with van der Waals surface area (Å²) in [5.74, 6) is 0.811. The van der Waals surface area contributed by atoms with Crippen molar-refractivity contribution in [2.24, 2.45) is 0 Å². The van der Waals surface area contributed by atoms with Crippen molar-refractivity contribution in [2.75, 3.05) is 5.73 Å². The van der Waals surface area contributed by atoms with E-state index in [1.54, 1.807) is 0 Å².